The van der Waals surface area contributed by atoms with Crippen molar-refractivity contribution in [2.45, 2.75) is 84.2 Å². The van der Waals surface area contributed by atoms with Gasteiger partial charge in [0.05, 0.1) is 5.60 Å². The van der Waals surface area contributed by atoms with Crippen LogP contribution in [0.2, 0.25) is 0 Å². The molecular formula is C23H34O6. The highest BCUT2D eigenvalue weighted by molar-refractivity contribution is 5.86. The van der Waals surface area contributed by atoms with Crippen molar-refractivity contribution < 1.29 is 28.9 Å². The smallest absolute Gasteiger partial charge is 0.333 e. The van der Waals surface area contributed by atoms with Crippen LogP contribution in [-0.4, -0.2) is 41.6 Å². The Morgan fingerprint density at radius 1 is 1.24 bits per heavy atom. The first-order chi connectivity index (χ1) is 13.4. The van der Waals surface area contributed by atoms with Crippen molar-refractivity contribution in [1.29, 1.82) is 0 Å². The molecule has 1 N–H and O–H groups in total. The number of methoxy groups -OCH3 is 1. The van der Waals surface area contributed by atoms with E-state index in [1.807, 2.05) is 0 Å². The molecule has 1 aliphatic heterocycles. The Balaban J connectivity index is 1.85. The number of carbonyl (C=O) groups excluding carboxylic acids is 2. The lowest BCUT2D eigenvalue weighted by molar-refractivity contribution is -0.301. The van der Waals surface area contributed by atoms with Crippen LogP contribution >= 0.6 is 0 Å². The maximum absolute atomic E-state index is 12.2. The van der Waals surface area contributed by atoms with E-state index in [1.165, 1.54) is 6.92 Å². The Morgan fingerprint density at radius 3 is 2.55 bits per heavy atom. The highest BCUT2D eigenvalue weighted by Gasteiger charge is 2.72. The standard InChI is InChI=1S/C23H34O6/c1-13-15-7-10-23(26)20(3,4)9-8-18(28-14(2)24)21(23,5)17(15)12-22(27-6)16(13)11-19(25)29-22/h11,13,15,17-18,26H,7-10,12H2,1-6H3. The van der Waals surface area contributed by atoms with Gasteiger partial charge in [0.15, 0.2) is 0 Å². The number of esters is 2. The van der Waals surface area contributed by atoms with Gasteiger partial charge in [0.1, 0.15) is 6.10 Å². The molecule has 4 aliphatic rings. The Bertz CT molecular complexity index is 771. The summed E-state index contributed by atoms with van der Waals surface area (Å²) in [6.07, 6.45) is 4.70. The lowest BCUT2D eigenvalue weighted by Gasteiger charge is -2.68. The quantitative estimate of drug-likeness (QED) is 0.708. The van der Waals surface area contributed by atoms with Gasteiger partial charge in [0.2, 0.25) is 5.79 Å². The normalized spacial score (nSPS) is 48.0. The molecule has 7 atom stereocenters. The number of hydrogen-bond donors (Lipinski definition) is 1. The number of hydrogen-bond acceptors (Lipinski definition) is 6. The van der Waals surface area contributed by atoms with Crippen LogP contribution in [0.4, 0.5) is 0 Å². The Morgan fingerprint density at radius 2 is 1.93 bits per heavy atom. The van der Waals surface area contributed by atoms with Crippen LogP contribution in [0.15, 0.2) is 11.6 Å². The summed E-state index contributed by atoms with van der Waals surface area (Å²) in [5.74, 6) is -1.43. The fourth-order valence-electron chi connectivity index (χ4n) is 7.40. The predicted molar refractivity (Wildman–Crippen MR) is 106 cm³/mol. The van der Waals surface area contributed by atoms with E-state index in [1.54, 1.807) is 13.2 Å². The van der Waals surface area contributed by atoms with Crippen molar-refractivity contribution in [3.05, 3.63) is 11.6 Å². The second kappa shape index (κ2) is 6.30. The summed E-state index contributed by atoms with van der Waals surface area (Å²) in [6.45, 7) is 9.88. The maximum Gasteiger partial charge on any atom is 0.333 e. The summed E-state index contributed by atoms with van der Waals surface area (Å²) in [7, 11) is 1.57. The maximum atomic E-state index is 12.2. The third-order valence-electron chi connectivity index (χ3n) is 9.08. The van der Waals surface area contributed by atoms with Gasteiger partial charge < -0.3 is 19.3 Å². The zero-order valence-corrected chi connectivity index (χ0v) is 18.4. The zero-order valence-electron chi connectivity index (χ0n) is 18.4. The van der Waals surface area contributed by atoms with Gasteiger partial charge >= 0.3 is 11.9 Å². The average molecular weight is 407 g/mol. The van der Waals surface area contributed by atoms with Crippen molar-refractivity contribution >= 4 is 11.9 Å². The first-order valence-corrected chi connectivity index (χ1v) is 10.8. The first kappa shape index (κ1) is 20.9. The van der Waals surface area contributed by atoms with Crippen LogP contribution in [0.3, 0.4) is 0 Å². The molecule has 0 radical (unpaired) electrons. The average Bonchev–Trinajstić information content (AvgIpc) is 2.98. The largest absolute Gasteiger partial charge is 0.462 e. The van der Waals surface area contributed by atoms with Crippen LogP contribution in [0.1, 0.15) is 66.7 Å². The van der Waals surface area contributed by atoms with Gasteiger partial charge in [-0.2, -0.15) is 0 Å². The predicted octanol–water partition coefficient (Wildman–Crippen LogP) is 3.37. The molecule has 0 aromatic heterocycles. The van der Waals surface area contributed by atoms with Crippen molar-refractivity contribution in [3.8, 4) is 0 Å². The third-order valence-corrected chi connectivity index (χ3v) is 9.08. The number of carbonyl (C=O) groups is 2. The molecule has 4 rings (SSSR count). The molecule has 0 amide bonds. The molecule has 0 saturated heterocycles. The van der Waals surface area contributed by atoms with E-state index in [0.29, 0.717) is 19.3 Å². The van der Waals surface area contributed by atoms with Crippen molar-refractivity contribution in [2.24, 2.45) is 28.6 Å². The molecule has 162 valence electrons. The first-order valence-electron chi connectivity index (χ1n) is 10.8. The van der Waals surface area contributed by atoms with Crippen LogP contribution in [0.5, 0.6) is 0 Å². The van der Waals surface area contributed by atoms with E-state index in [4.69, 9.17) is 14.2 Å². The molecule has 3 aliphatic carbocycles. The summed E-state index contributed by atoms with van der Waals surface area (Å²) < 4.78 is 17.4. The monoisotopic (exact) mass is 406 g/mol. The third kappa shape index (κ3) is 2.54. The molecule has 3 fully saturated rings. The van der Waals surface area contributed by atoms with Gasteiger partial charge in [-0.1, -0.05) is 27.7 Å². The van der Waals surface area contributed by atoms with Crippen molar-refractivity contribution in [3.63, 3.8) is 0 Å². The molecule has 3 saturated carbocycles. The number of aliphatic hydroxyl groups is 1. The van der Waals surface area contributed by atoms with Gasteiger partial charge in [-0.15, -0.1) is 0 Å². The van der Waals surface area contributed by atoms with Gasteiger partial charge in [-0.3, -0.25) is 4.79 Å². The van der Waals surface area contributed by atoms with Crippen molar-refractivity contribution in [1.82, 2.24) is 0 Å². The minimum atomic E-state index is -1.08. The summed E-state index contributed by atoms with van der Waals surface area (Å²) >= 11 is 0. The number of ether oxygens (including phenoxy) is 3. The van der Waals surface area contributed by atoms with E-state index in [-0.39, 0.29) is 41.2 Å². The van der Waals surface area contributed by atoms with Crippen LogP contribution in [0.25, 0.3) is 0 Å². The van der Waals surface area contributed by atoms with E-state index in [2.05, 4.69) is 27.7 Å². The van der Waals surface area contributed by atoms with Crippen LogP contribution in [0, 0.1) is 28.6 Å². The molecule has 0 bridgehead atoms. The van der Waals surface area contributed by atoms with E-state index in [9.17, 15) is 14.7 Å². The zero-order chi connectivity index (χ0) is 21.4. The topological polar surface area (TPSA) is 82.1 Å². The highest BCUT2D eigenvalue weighted by Crippen LogP contribution is 2.69. The van der Waals surface area contributed by atoms with Gasteiger partial charge in [0, 0.05) is 37.5 Å². The fraction of sp³-hybridized carbons (Fsp3) is 0.826. The molecule has 6 heteroatoms. The van der Waals surface area contributed by atoms with Gasteiger partial charge in [-0.25, -0.2) is 4.79 Å². The van der Waals surface area contributed by atoms with Crippen LogP contribution < -0.4 is 0 Å². The Labute approximate surface area is 173 Å². The van der Waals surface area contributed by atoms with E-state index in [0.717, 1.165) is 18.4 Å². The lowest BCUT2D eigenvalue weighted by Crippen LogP contribution is -2.72. The summed E-state index contributed by atoms with van der Waals surface area (Å²) in [5, 5.41) is 12.2. The molecule has 0 spiro atoms. The molecule has 0 aromatic carbocycles. The summed E-state index contributed by atoms with van der Waals surface area (Å²) in [5.41, 5.74) is -1.06. The van der Waals surface area contributed by atoms with Gasteiger partial charge in [-0.05, 0) is 48.9 Å². The SMILES string of the molecule is COC12CC3C(CCC4(O)C(C)(C)CCC(OC(C)=O)C34C)C(C)C1=CC(=O)O2. The van der Waals surface area contributed by atoms with Gasteiger partial charge in [0.25, 0.3) is 0 Å². The molecule has 1 heterocycles. The lowest BCUT2D eigenvalue weighted by atomic mass is 9.40. The van der Waals surface area contributed by atoms with Crippen molar-refractivity contribution in [2.75, 3.05) is 7.11 Å². The Kier molecular flexibility index (Phi) is 4.53. The summed E-state index contributed by atoms with van der Waals surface area (Å²) in [4.78, 5) is 24.1. The second-order valence-electron chi connectivity index (χ2n) is 10.4. The number of rotatable bonds is 2. The molecule has 0 aromatic rings. The van der Waals surface area contributed by atoms with Crippen LogP contribution in [-0.2, 0) is 23.8 Å². The number of fused-ring (bicyclic) bond motifs is 4. The molecule has 6 nitrogen and oxygen atoms in total. The second-order valence-corrected chi connectivity index (χ2v) is 10.4. The van der Waals surface area contributed by atoms with E-state index < -0.39 is 16.8 Å². The molecular weight excluding hydrogens is 372 g/mol. The summed E-state index contributed by atoms with van der Waals surface area (Å²) in [6, 6.07) is 0. The minimum absolute atomic E-state index is 0.0109. The van der Waals surface area contributed by atoms with E-state index >= 15 is 0 Å². The fourth-order valence-corrected chi connectivity index (χ4v) is 7.40. The Hall–Kier alpha value is -1.40. The molecule has 7 unspecified atom stereocenters. The highest BCUT2D eigenvalue weighted by atomic mass is 16.7. The minimum Gasteiger partial charge on any atom is -0.462 e. The molecule has 29 heavy (non-hydrogen) atoms.